The lowest BCUT2D eigenvalue weighted by atomic mass is 9.88. The first-order valence-electron chi connectivity index (χ1n) is 14.0. The molecular formula is C28H36N6O5. The summed E-state index contributed by atoms with van der Waals surface area (Å²) in [5.74, 6) is 1.35. The number of anilines is 1. The molecule has 3 atom stereocenters. The quantitative estimate of drug-likeness (QED) is 0.424. The Labute approximate surface area is 227 Å². The molecule has 2 aliphatic heterocycles. The Morgan fingerprint density at radius 1 is 1.15 bits per heavy atom. The number of rotatable bonds is 10. The van der Waals surface area contributed by atoms with Gasteiger partial charge in [-0.3, -0.25) is 9.59 Å². The molecule has 1 saturated heterocycles. The van der Waals surface area contributed by atoms with E-state index in [1.165, 1.54) is 0 Å². The van der Waals surface area contributed by atoms with Crippen molar-refractivity contribution in [1.29, 1.82) is 0 Å². The minimum atomic E-state index is -0.682. The SMILES string of the molecule is Cc1nonc1C(=O)N[C@H](C(=O)Nc1ccc2c(c1)OC(CN1C[C@@H](C(C)C)NC1=O)C2)C(C1CC1)C1CC1. The molecule has 3 fully saturated rings. The second-order valence-corrected chi connectivity index (χ2v) is 11.9. The van der Waals surface area contributed by atoms with Crippen LogP contribution in [-0.2, 0) is 11.2 Å². The lowest BCUT2D eigenvalue weighted by Gasteiger charge is -2.27. The summed E-state index contributed by atoms with van der Waals surface area (Å²) >= 11 is 0. The van der Waals surface area contributed by atoms with Crippen molar-refractivity contribution in [1.82, 2.24) is 25.8 Å². The standard InChI is InChI=1S/C28H36N6O5/c1-14(2)21-13-34(28(37)30-21)12-20-10-18-8-9-19(11-22(18)38-20)29-27(36)25(23(16-4-5-16)17-6-7-17)31-26(35)24-15(3)32-39-33-24/h8-9,11,14,16-17,20-21,23,25H,4-7,10,12-13H2,1-3H3,(H,29,36)(H,30,37)(H,31,35)/t20?,21-,25-/m0/s1. The summed E-state index contributed by atoms with van der Waals surface area (Å²) in [6.45, 7) is 7.05. The molecular weight excluding hydrogens is 500 g/mol. The van der Waals surface area contributed by atoms with E-state index in [0.717, 1.165) is 31.2 Å². The van der Waals surface area contributed by atoms with E-state index in [-0.39, 0.29) is 35.7 Å². The molecule has 39 heavy (non-hydrogen) atoms. The van der Waals surface area contributed by atoms with Gasteiger partial charge >= 0.3 is 6.03 Å². The maximum absolute atomic E-state index is 13.6. The fraction of sp³-hybridized carbons (Fsp3) is 0.607. The number of urea groups is 1. The van der Waals surface area contributed by atoms with Gasteiger partial charge < -0.3 is 25.6 Å². The van der Waals surface area contributed by atoms with Crippen molar-refractivity contribution in [3.8, 4) is 5.75 Å². The van der Waals surface area contributed by atoms with Gasteiger partial charge in [-0.2, -0.15) is 0 Å². The van der Waals surface area contributed by atoms with Gasteiger partial charge in [-0.25, -0.2) is 9.42 Å². The number of benzene rings is 1. The Morgan fingerprint density at radius 3 is 2.51 bits per heavy atom. The minimum Gasteiger partial charge on any atom is -0.488 e. The Morgan fingerprint density at radius 2 is 1.90 bits per heavy atom. The molecule has 0 bridgehead atoms. The highest BCUT2D eigenvalue weighted by atomic mass is 16.6. The van der Waals surface area contributed by atoms with Gasteiger partial charge in [0.1, 0.15) is 23.6 Å². The van der Waals surface area contributed by atoms with E-state index in [1.807, 2.05) is 23.1 Å². The number of amides is 4. The molecule has 208 valence electrons. The molecule has 6 rings (SSSR count). The number of aromatic nitrogens is 2. The predicted octanol–water partition coefficient (Wildman–Crippen LogP) is 2.90. The normalized spacial score (nSPS) is 23.0. The topological polar surface area (TPSA) is 139 Å². The van der Waals surface area contributed by atoms with Crippen LogP contribution < -0.4 is 20.7 Å². The van der Waals surface area contributed by atoms with E-state index in [0.29, 0.717) is 54.4 Å². The number of nitrogens with one attached hydrogen (secondary N) is 3. The molecule has 0 radical (unpaired) electrons. The van der Waals surface area contributed by atoms with E-state index >= 15 is 0 Å². The van der Waals surface area contributed by atoms with E-state index in [1.54, 1.807) is 6.92 Å². The van der Waals surface area contributed by atoms with E-state index < -0.39 is 11.9 Å². The second kappa shape index (κ2) is 10.2. The third-order valence-corrected chi connectivity index (χ3v) is 8.47. The fourth-order valence-electron chi connectivity index (χ4n) is 5.97. The van der Waals surface area contributed by atoms with Crippen LogP contribution >= 0.6 is 0 Å². The summed E-state index contributed by atoms with van der Waals surface area (Å²) in [5.41, 5.74) is 2.15. The van der Waals surface area contributed by atoms with Crippen LogP contribution in [0.25, 0.3) is 0 Å². The van der Waals surface area contributed by atoms with E-state index in [4.69, 9.17) is 9.37 Å². The second-order valence-electron chi connectivity index (χ2n) is 11.9. The first kappa shape index (κ1) is 25.6. The highest BCUT2D eigenvalue weighted by Gasteiger charge is 2.48. The van der Waals surface area contributed by atoms with Crippen molar-refractivity contribution < 1.29 is 23.7 Å². The zero-order valence-corrected chi connectivity index (χ0v) is 22.6. The summed E-state index contributed by atoms with van der Waals surface area (Å²) in [4.78, 5) is 40.8. The van der Waals surface area contributed by atoms with Crippen LogP contribution in [0.2, 0.25) is 0 Å². The van der Waals surface area contributed by atoms with Crippen LogP contribution in [0, 0.1) is 30.6 Å². The molecule has 1 aromatic heterocycles. The molecule has 0 spiro atoms. The third-order valence-electron chi connectivity index (χ3n) is 8.47. The number of ether oxygens (including phenoxy) is 1. The maximum atomic E-state index is 13.6. The molecule has 11 heteroatoms. The summed E-state index contributed by atoms with van der Waals surface area (Å²) in [6, 6.07) is 5.08. The van der Waals surface area contributed by atoms with Crippen molar-refractivity contribution in [2.24, 2.45) is 23.7 Å². The van der Waals surface area contributed by atoms with Gasteiger partial charge in [-0.05, 0) is 73.1 Å². The van der Waals surface area contributed by atoms with Crippen LogP contribution in [0.4, 0.5) is 10.5 Å². The van der Waals surface area contributed by atoms with Gasteiger partial charge in [0.15, 0.2) is 5.69 Å². The highest BCUT2D eigenvalue weighted by molar-refractivity contribution is 6.01. The summed E-state index contributed by atoms with van der Waals surface area (Å²) in [7, 11) is 0. The van der Waals surface area contributed by atoms with Gasteiger partial charge in [0.25, 0.3) is 5.91 Å². The lowest BCUT2D eigenvalue weighted by molar-refractivity contribution is -0.119. The van der Waals surface area contributed by atoms with Gasteiger partial charge in [0.2, 0.25) is 5.91 Å². The number of fused-ring (bicyclic) bond motifs is 1. The number of nitrogens with zero attached hydrogens (tertiary/aromatic N) is 3. The number of carbonyl (C=O) groups is 3. The first-order chi connectivity index (χ1) is 18.8. The number of hydrogen-bond acceptors (Lipinski definition) is 7. The third kappa shape index (κ3) is 5.44. The fourth-order valence-corrected chi connectivity index (χ4v) is 5.97. The molecule has 1 aromatic carbocycles. The van der Waals surface area contributed by atoms with Crippen molar-refractivity contribution in [2.45, 2.75) is 71.1 Å². The van der Waals surface area contributed by atoms with Gasteiger partial charge in [-0.1, -0.05) is 25.1 Å². The molecule has 2 aliphatic carbocycles. The van der Waals surface area contributed by atoms with Gasteiger partial charge in [-0.15, -0.1) is 0 Å². The molecule has 11 nitrogen and oxygen atoms in total. The molecule has 4 aliphatic rings. The van der Waals surface area contributed by atoms with Crippen molar-refractivity contribution in [2.75, 3.05) is 18.4 Å². The first-order valence-corrected chi connectivity index (χ1v) is 14.0. The largest absolute Gasteiger partial charge is 0.488 e. The van der Waals surface area contributed by atoms with Crippen molar-refractivity contribution in [3.05, 3.63) is 35.2 Å². The molecule has 2 aromatic rings. The predicted molar refractivity (Wildman–Crippen MR) is 141 cm³/mol. The monoisotopic (exact) mass is 536 g/mol. The van der Waals surface area contributed by atoms with E-state index in [9.17, 15) is 14.4 Å². The Balaban J connectivity index is 1.13. The van der Waals surface area contributed by atoms with Crippen LogP contribution in [0.15, 0.2) is 22.8 Å². The molecule has 1 unspecified atom stereocenters. The van der Waals surface area contributed by atoms with Gasteiger partial charge in [0.05, 0.1) is 12.6 Å². The molecule has 2 saturated carbocycles. The Bertz CT molecular complexity index is 1260. The Kier molecular flexibility index (Phi) is 6.68. The average Bonchev–Trinajstić information content (AvgIpc) is 3.80. The molecule has 3 N–H and O–H groups in total. The van der Waals surface area contributed by atoms with E-state index in [2.05, 4.69) is 40.1 Å². The van der Waals surface area contributed by atoms with Gasteiger partial charge in [0, 0.05) is 24.7 Å². The number of aryl methyl sites for hydroxylation is 1. The van der Waals surface area contributed by atoms with Crippen LogP contribution in [0.5, 0.6) is 5.75 Å². The minimum absolute atomic E-state index is 0.0493. The average molecular weight is 537 g/mol. The van der Waals surface area contributed by atoms with Crippen LogP contribution in [-0.4, -0.2) is 64.3 Å². The number of carbonyl (C=O) groups excluding carboxylic acids is 3. The van der Waals surface area contributed by atoms with Crippen LogP contribution in [0.1, 0.15) is 61.3 Å². The smallest absolute Gasteiger partial charge is 0.317 e. The van der Waals surface area contributed by atoms with Crippen molar-refractivity contribution >= 4 is 23.5 Å². The Hall–Kier alpha value is -3.63. The van der Waals surface area contributed by atoms with Crippen LogP contribution in [0.3, 0.4) is 0 Å². The summed E-state index contributed by atoms with van der Waals surface area (Å²) in [5, 5.41) is 16.4. The summed E-state index contributed by atoms with van der Waals surface area (Å²) in [6.07, 6.45) is 4.87. The number of hydrogen-bond donors (Lipinski definition) is 3. The molecule has 4 amide bonds. The molecule has 3 heterocycles. The van der Waals surface area contributed by atoms with Crippen molar-refractivity contribution in [3.63, 3.8) is 0 Å². The zero-order valence-electron chi connectivity index (χ0n) is 22.6. The highest BCUT2D eigenvalue weighted by Crippen LogP contribution is 2.51. The zero-order chi connectivity index (χ0) is 27.3. The lowest BCUT2D eigenvalue weighted by Crippen LogP contribution is -2.50. The summed E-state index contributed by atoms with van der Waals surface area (Å²) < 4.78 is 10.9. The maximum Gasteiger partial charge on any atom is 0.317 e.